The highest BCUT2D eigenvalue weighted by molar-refractivity contribution is 5.95. The summed E-state index contributed by atoms with van der Waals surface area (Å²) in [6, 6.07) is 7.58. The number of anilines is 1. The third-order valence-corrected chi connectivity index (χ3v) is 4.04. The minimum atomic E-state index is -0.945. The molecule has 7 heteroatoms. The zero-order valence-corrected chi connectivity index (χ0v) is 17.6. The summed E-state index contributed by atoms with van der Waals surface area (Å²) >= 11 is 0. The first kappa shape index (κ1) is 23.5. The Morgan fingerprint density at radius 3 is 2.36 bits per heavy atom. The Kier molecular flexibility index (Phi) is 8.96. The van der Waals surface area contributed by atoms with Crippen molar-refractivity contribution < 1.29 is 23.9 Å². The van der Waals surface area contributed by atoms with Crippen molar-refractivity contribution in [2.75, 3.05) is 11.9 Å². The zero-order chi connectivity index (χ0) is 21.3. The van der Waals surface area contributed by atoms with Crippen molar-refractivity contribution in [3.8, 4) is 0 Å². The largest absolute Gasteiger partial charge is 0.452 e. The molecule has 1 aromatic carbocycles. The van der Waals surface area contributed by atoms with Gasteiger partial charge in [-0.3, -0.25) is 9.59 Å². The summed E-state index contributed by atoms with van der Waals surface area (Å²) in [7, 11) is 0. The van der Waals surface area contributed by atoms with Crippen molar-refractivity contribution in [1.82, 2.24) is 5.32 Å². The van der Waals surface area contributed by atoms with Gasteiger partial charge in [0.1, 0.15) is 5.60 Å². The molecule has 0 bridgehead atoms. The van der Waals surface area contributed by atoms with Crippen molar-refractivity contribution in [2.45, 2.75) is 72.0 Å². The van der Waals surface area contributed by atoms with Crippen LogP contribution in [0.3, 0.4) is 0 Å². The van der Waals surface area contributed by atoms with E-state index in [0.29, 0.717) is 5.92 Å². The van der Waals surface area contributed by atoms with E-state index < -0.39 is 29.7 Å². The molecule has 0 aliphatic carbocycles. The molecule has 2 N–H and O–H groups in total. The van der Waals surface area contributed by atoms with Gasteiger partial charge < -0.3 is 20.1 Å². The van der Waals surface area contributed by atoms with Crippen LogP contribution < -0.4 is 10.6 Å². The van der Waals surface area contributed by atoms with E-state index in [1.165, 1.54) is 6.92 Å². The summed E-state index contributed by atoms with van der Waals surface area (Å²) in [6.07, 6.45) is -0.658. The predicted molar refractivity (Wildman–Crippen MR) is 108 cm³/mol. The molecule has 0 heterocycles. The van der Waals surface area contributed by atoms with Crippen molar-refractivity contribution in [3.05, 3.63) is 29.8 Å². The number of hydrogen-bond acceptors (Lipinski definition) is 5. The first-order valence-corrected chi connectivity index (χ1v) is 9.59. The third-order valence-electron chi connectivity index (χ3n) is 4.04. The first-order valence-electron chi connectivity index (χ1n) is 9.59. The van der Waals surface area contributed by atoms with E-state index >= 15 is 0 Å². The van der Waals surface area contributed by atoms with Gasteiger partial charge in [-0.2, -0.15) is 0 Å². The number of alkyl carbamates (subject to hydrolysis) is 1. The van der Waals surface area contributed by atoms with E-state index in [-0.39, 0.29) is 13.0 Å². The molecule has 28 heavy (non-hydrogen) atoms. The Balaban J connectivity index is 2.48. The van der Waals surface area contributed by atoms with E-state index in [0.717, 1.165) is 17.7 Å². The second-order valence-corrected chi connectivity index (χ2v) is 7.70. The van der Waals surface area contributed by atoms with Crippen LogP contribution >= 0.6 is 0 Å². The molecule has 0 unspecified atom stereocenters. The maximum Gasteiger partial charge on any atom is 0.407 e. The maximum atomic E-state index is 12.4. The number of hydrogen-bond donors (Lipinski definition) is 2. The molecule has 2 atom stereocenters. The van der Waals surface area contributed by atoms with Gasteiger partial charge in [0.25, 0.3) is 5.91 Å². The quantitative estimate of drug-likeness (QED) is 0.653. The van der Waals surface area contributed by atoms with Crippen LogP contribution in [-0.4, -0.2) is 36.2 Å². The van der Waals surface area contributed by atoms with Crippen LogP contribution in [0.2, 0.25) is 0 Å². The lowest BCUT2D eigenvalue weighted by Crippen LogP contribution is -2.35. The van der Waals surface area contributed by atoms with Gasteiger partial charge >= 0.3 is 12.1 Å². The maximum absolute atomic E-state index is 12.4. The second kappa shape index (κ2) is 10.7. The van der Waals surface area contributed by atoms with Crippen LogP contribution in [0.15, 0.2) is 24.3 Å². The molecular weight excluding hydrogens is 360 g/mol. The molecule has 1 rings (SSSR count). The van der Waals surface area contributed by atoms with Gasteiger partial charge in [-0.1, -0.05) is 32.0 Å². The SMILES string of the molecule is CC[C@H](C)c1ccccc1NC(=O)[C@H](C)OC(=O)CCNC(=O)OC(C)(C)C. The average molecular weight is 392 g/mol. The lowest BCUT2D eigenvalue weighted by Gasteiger charge is -2.20. The van der Waals surface area contributed by atoms with Crippen molar-refractivity contribution in [3.63, 3.8) is 0 Å². The van der Waals surface area contributed by atoms with Gasteiger partial charge in [0.15, 0.2) is 6.10 Å². The van der Waals surface area contributed by atoms with Crippen LogP contribution in [0.1, 0.15) is 65.9 Å². The molecule has 0 fully saturated rings. The van der Waals surface area contributed by atoms with E-state index in [2.05, 4.69) is 24.5 Å². The Morgan fingerprint density at radius 2 is 1.75 bits per heavy atom. The molecule has 0 radical (unpaired) electrons. The molecular formula is C21H32N2O5. The summed E-state index contributed by atoms with van der Waals surface area (Å²) in [6.45, 7) is 11.0. The number of benzene rings is 1. The highest BCUT2D eigenvalue weighted by Crippen LogP contribution is 2.26. The number of para-hydroxylation sites is 1. The molecule has 0 aromatic heterocycles. The molecule has 2 amide bonds. The molecule has 0 saturated carbocycles. The lowest BCUT2D eigenvalue weighted by molar-refractivity contribution is -0.153. The average Bonchev–Trinajstić information content (AvgIpc) is 2.59. The van der Waals surface area contributed by atoms with Gasteiger partial charge in [0.05, 0.1) is 6.42 Å². The topological polar surface area (TPSA) is 93.7 Å². The van der Waals surface area contributed by atoms with Crippen molar-refractivity contribution >= 4 is 23.7 Å². The summed E-state index contributed by atoms with van der Waals surface area (Å²) in [5.41, 5.74) is 1.15. The minimum Gasteiger partial charge on any atom is -0.452 e. The highest BCUT2D eigenvalue weighted by Gasteiger charge is 2.20. The van der Waals surface area contributed by atoms with Gasteiger partial charge in [0, 0.05) is 12.2 Å². The Bertz CT molecular complexity index is 682. The van der Waals surface area contributed by atoms with E-state index in [9.17, 15) is 14.4 Å². The Hall–Kier alpha value is -2.57. The van der Waals surface area contributed by atoms with Crippen molar-refractivity contribution in [2.24, 2.45) is 0 Å². The van der Waals surface area contributed by atoms with Crippen LogP contribution in [0.5, 0.6) is 0 Å². The number of rotatable bonds is 8. The summed E-state index contributed by atoms with van der Waals surface area (Å²) in [4.78, 5) is 35.8. The smallest absolute Gasteiger partial charge is 0.407 e. The molecule has 7 nitrogen and oxygen atoms in total. The Labute approximate surface area is 167 Å². The van der Waals surface area contributed by atoms with Crippen LogP contribution in [0.4, 0.5) is 10.5 Å². The molecule has 156 valence electrons. The number of nitrogens with one attached hydrogen (secondary N) is 2. The molecule has 0 aliphatic heterocycles. The van der Waals surface area contributed by atoms with Crippen LogP contribution in [0, 0.1) is 0 Å². The van der Waals surface area contributed by atoms with Gasteiger partial charge in [-0.05, 0) is 51.7 Å². The monoisotopic (exact) mass is 392 g/mol. The van der Waals surface area contributed by atoms with E-state index in [4.69, 9.17) is 9.47 Å². The highest BCUT2D eigenvalue weighted by atomic mass is 16.6. The predicted octanol–water partition coefficient (Wildman–Crippen LogP) is 3.99. The Morgan fingerprint density at radius 1 is 1.11 bits per heavy atom. The van der Waals surface area contributed by atoms with Crippen LogP contribution in [0.25, 0.3) is 0 Å². The standard InChI is InChI=1S/C21H32N2O5/c1-7-14(2)16-10-8-9-11-17(16)23-19(25)15(3)27-18(24)12-13-22-20(26)28-21(4,5)6/h8-11,14-15H,7,12-13H2,1-6H3,(H,22,26)(H,23,25)/t14-,15-/m0/s1. The number of ether oxygens (including phenoxy) is 2. The fraction of sp³-hybridized carbons (Fsp3) is 0.571. The number of carbonyl (C=O) groups excluding carboxylic acids is 3. The number of amides is 2. The summed E-state index contributed by atoms with van der Waals surface area (Å²) in [5.74, 6) is -0.675. The fourth-order valence-electron chi connectivity index (χ4n) is 2.39. The van der Waals surface area contributed by atoms with E-state index in [1.54, 1.807) is 20.8 Å². The lowest BCUT2D eigenvalue weighted by atomic mass is 9.97. The molecule has 0 aliphatic rings. The normalized spacial score (nSPS) is 13.2. The first-order chi connectivity index (χ1) is 13.0. The van der Waals surface area contributed by atoms with E-state index in [1.807, 2.05) is 24.3 Å². The number of esters is 1. The van der Waals surface area contributed by atoms with Crippen LogP contribution in [-0.2, 0) is 19.1 Å². The molecule has 0 saturated heterocycles. The minimum absolute atomic E-state index is 0.0552. The van der Waals surface area contributed by atoms with Gasteiger partial charge in [-0.15, -0.1) is 0 Å². The zero-order valence-electron chi connectivity index (χ0n) is 17.6. The molecule has 0 spiro atoms. The fourth-order valence-corrected chi connectivity index (χ4v) is 2.39. The van der Waals surface area contributed by atoms with Gasteiger partial charge in [-0.25, -0.2) is 4.79 Å². The van der Waals surface area contributed by atoms with Crippen molar-refractivity contribution in [1.29, 1.82) is 0 Å². The summed E-state index contributed by atoms with van der Waals surface area (Å²) < 4.78 is 10.2. The molecule has 1 aromatic rings. The van der Waals surface area contributed by atoms with Gasteiger partial charge in [0.2, 0.25) is 0 Å². The summed E-state index contributed by atoms with van der Waals surface area (Å²) in [5, 5.41) is 5.30. The third kappa shape index (κ3) is 8.41. The second-order valence-electron chi connectivity index (χ2n) is 7.70. The number of carbonyl (C=O) groups is 3.